The fraction of sp³-hybridized carbons (Fsp3) is 0.562. The zero-order chi connectivity index (χ0) is 15.8. The summed E-state index contributed by atoms with van der Waals surface area (Å²) < 4.78 is 6.05. The highest BCUT2D eigenvalue weighted by Gasteiger charge is 2.42. The van der Waals surface area contributed by atoms with Crippen LogP contribution in [0, 0.1) is 18.8 Å². The Morgan fingerprint density at radius 1 is 1.48 bits per heavy atom. The number of nitrogens with zero attached hydrogens (tertiary/aromatic N) is 3. The smallest absolute Gasteiger partial charge is 0.273 e. The maximum absolute atomic E-state index is 12.4. The lowest BCUT2D eigenvalue weighted by molar-refractivity contribution is 0.0607. The molecule has 2 aromatic heterocycles. The average molecular weight is 349 g/mol. The maximum Gasteiger partial charge on any atom is 0.273 e. The molecule has 4 heterocycles. The molecule has 0 bridgehead atoms. The standard InChI is InChI=1S/C16H19N3O2S2/c1-10-7-23-15(18-10)4-14-12-2-3-19(5-11(12)6-21-14)16(20)13-8-22-9-17-13/h7-9,11-12,14H,2-6H2,1H3/t11-,12-,14-/m1/s1. The van der Waals surface area contributed by atoms with Crippen LogP contribution in [0.1, 0.15) is 27.6 Å². The van der Waals surface area contributed by atoms with Crippen LogP contribution in [-0.4, -0.2) is 46.6 Å². The van der Waals surface area contributed by atoms with Gasteiger partial charge in [-0.3, -0.25) is 4.79 Å². The van der Waals surface area contributed by atoms with Gasteiger partial charge in [0.05, 0.1) is 23.2 Å². The van der Waals surface area contributed by atoms with Crippen molar-refractivity contribution in [1.29, 1.82) is 0 Å². The number of amides is 1. The summed E-state index contributed by atoms with van der Waals surface area (Å²) in [4.78, 5) is 23.1. The third kappa shape index (κ3) is 3.05. The lowest BCUT2D eigenvalue weighted by atomic mass is 9.83. The average Bonchev–Trinajstić information content (AvgIpc) is 3.28. The van der Waals surface area contributed by atoms with Gasteiger partial charge >= 0.3 is 0 Å². The molecular weight excluding hydrogens is 330 g/mol. The molecule has 2 aliphatic heterocycles. The molecule has 3 atom stereocenters. The molecule has 0 spiro atoms. The minimum Gasteiger partial charge on any atom is -0.377 e. The Labute approximate surface area is 143 Å². The summed E-state index contributed by atoms with van der Waals surface area (Å²) in [6.45, 7) is 4.37. The number of piperidine rings is 1. The Hall–Kier alpha value is -1.31. The van der Waals surface area contributed by atoms with Gasteiger partial charge in [0.2, 0.25) is 0 Å². The molecule has 0 unspecified atom stereocenters. The summed E-state index contributed by atoms with van der Waals surface area (Å²) in [5, 5.41) is 5.08. The van der Waals surface area contributed by atoms with Crippen molar-refractivity contribution in [1.82, 2.24) is 14.9 Å². The lowest BCUT2D eigenvalue weighted by Crippen LogP contribution is -2.44. The van der Waals surface area contributed by atoms with Gasteiger partial charge in [0, 0.05) is 41.9 Å². The highest BCUT2D eigenvalue weighted by atomic mass is 32.1. The summed E-state index contributed by atoms with van der Waals surface area (Å²) in [5.41, 5.74) is 3.37. The van der Waals surface area contributed by atoms with Gasteiger partial charge in [-0.2, -0.15) is 0 Å². The molecule has 1 amide bonds. The van der Waals surface area contributed by atoms with Crippen LogP contribution in [0.25, 0.3) is 0 Å². The number of ether oxygens (including phenoxy) is 1. The summed E-state index contributed by atoms with van der Waals surface area (Å²) in [6, 6.07) is 0. The van der Waals surface area contributed by atoms with Gasteiger partial charge < -0.3 is 9.64 Å². The monoisotopic (exact) mass is 349 g/mol. The molecular formula is C16H19N3O2S2. The molecule has 2 aliphatic rings. The van der Waals surface area contributed by atoms with Crippen molar-refractivity contribution in [3.8, 4) is 0 Å². The quantitative estimate of drug-likeness (QED) is 0.855. The number of carbonyl (C=O) groups is 1. The summed E-state index contributed by atoms with van der Waals surface area (Å²) >= 11 is 3.18. The zero-order valence-corrected chi connectivity index (χ0v) is 14.6. The molecule has 2 fully saturated rings. The Bertz CT molecular complexity index is 685. The van der Waals surface area contributed by atoms with Crippen molar-refractivity contribution in [3.05, 3.63) is 32.7 Å². The first-order valence-corrected chi connectivity index (χ1v) is 9.73. The maximum atomic E-state index is 12.4. The Kier molecular flexibility index (Phi) is 4.17. The molecule has 0 saturated carbocycles. The molecule has 4 rings (SSSR count). The van der Waals surface area contributed by atoms with Gasteiger partial charge in [-0.15, -0.1) is 22.7 Å². The van der Waals surface area contributed by atoms with E-state index in [-0.39, 0.29) is 12.0 Å². The predicted octanol–water partition coefficient (Wildman–Crippen LogP) is 2.63. The fourth-order valence-corrected chi connectivity index (χ4v) is 4.97. The first kappa shape index (κ1) is 15.2. The van der Waals surface area contributed by atoms with E-state index in [0.29, 0.717) is 17.5 Å². The van der Waals surface area contributed by atoms with Gasteiger partial charge in [0.15, 0.2) is 0 Å². The molecule has 5 nitrogen and oxygen atoms in total. The van der Waals surface area contributed by atoms with E-state index in [1.807, 2.05) is 17.2 Å². The SMILES string of the molecule is Cc1csc(C[C@H]2OC[C@H]3CN(C(=O)c4cscn4)CC[C@H]32)n1. The predicted molar refractivity (Wildman–Crippen MR) is 89.9 cm³/mol. The number of hydrogen-bond donors (Lipinski definition) is 0. The summed E-state index contributed by atoms with van der Waals surface area (Å²) in [6.07, 6.45) is 2.16. The number of carbonyl (C=O) groups excluding carboxylic acids is 1. The summed E-state index contributed by atoms with van der Waals surface area (Å²) in [7, 11) is 0. The number of likely N-dealkylation sites (tertiary alicyclic amines) is 1. The number of aromatic nitrogens is 2. The normalized spacial score (nSPS) is 27.2. The minimum atomic E-state index is 0.0590. The van der Waals surface area contributed by atoms with E-state index in [1.54, 1.807) is 16.8 Å². The Balaban J connectivity index is 1.39. The molecule has 7 heteroatoms. The molecule has 2 aromatic rings. The van der Waals surface area contributed by atoms with Crippen LogP contribution < -0.4 is 0 Å². The van der Waals surface area contributed by atoms with Gasteiger partial charge in [0.25, 0.3) is 5.91 Å². The second-order valence-electron chi connectivity index (χ2n) is 6.30. The van der Waals surface area contributed by atoms with E-state index in [2.05, 4.69) is 15.3 Å². The van der Waals surface area contributed by atoms with E-state index in [1.165, 1.54) is 11.3 Å². The molecule has 23 heavy (non-hydrogen) atoms. The van der Waals surface area contributed by atoms with E-state index in [0.717, 1.165) is 43.2 Å². The van der Waals surface area contributed by atoms with E-state index in [9.17, 15) is 4.79 Å². The molecule has 0 aromatic carbocycles. The van der Waals surface area contributed by atoms with Crippen LogP contribution in [0.15, 0.2) is 16.3 Å². The Morgan fingerprint density at radius 3 is 3.13 bits per heavy atom. The van der Waals surface area contributed by atoms with Crippen molar-refractivity contribution >= 4 is 28.6 Å². The van der Waals surface area contributed by atoms with Crippen molar-refractivity contribution in [2.75, 3.05) is 19.7 Å². The third-order valence-electron chi connectivity index (χ3n) is 4.78. The largest absolute Gasteiger partial charge is 0.377 e. The first-order valence-electron chi connectivity index (χ1n) is 7.91. The Morgan fingerprint density at radius 2 is 2.39 bits per heavy atom. The topological polar surface area (TPSA) is 55.3 Å². The minimum absolute atomic E-state index is 0.0590. The van der Waals surface area contributed by atoms with Crippen molar-refractivity contribution < 1.29 is 9.53 Å². The summed E-state index contributed by atoms with van der Waals surface area (Å²) in [5.74, 6) is 1.04. The lowest BCUT2D eigenvalue weighted by Gasteiger charge is -2.35. The highest BCUT2D eigenvalue weighted by molar-refractivity contribution is 7.09. The van der Waals surface area contributed by atoms with Crippen LogP contribution in [0.2, 0.25) is 0 Å². The number of thiazole rings is 2. The first-order chi connectivity index (χ1) is 11.2. The second kappa shape index (κ2) is 6.30. The van der Waals surface area contributed by atoms with Crippen LogP contribution in [0.5, 0.6) is 0 Å². The number of hydrogen-bond acceptors (Lipinski definition) is 6. The van der Waals surface area contributed by atoms with E-state index < -0.39 is 0 Å². The molecule has 0 radical (unpaired) electrons. The molecule has 2 saturated heterocycles. The van der Waals surface area contributed by atoms with Crippen molar-refractivity contribution in [2.24, 2.45) is 11.8 Å². The van der Waals surface area contributed by atoms with Crippen LogP contribution in [0.4, 0.5) is 0 Å². The number of rotatable bonds is 3. The molecule has 122 valence electrons. The van der Waals surface area contributed by atoms with Crippen molar-refractivity contribution in [2.45, 2.75) is 25.9 Å². The van der Waals surface area contributed by atoms with Crippen LogP contribution in [-0.2, 0) is 11.2 Å². The third-order valence-corrected chi connectivity index (χ3v) is 6.35. The molecule has 0 aliphatic carbocycles. The van der Waals surface area contributed by atoms with Crippen LogP contribution >= 0.6 is 22.7 Å². The van der Waals surface area contributed by atoms with Crippen molar-refractivity contribution in [3.63, 3.8) is 0 Å². The van der Waals surface area contributed by atoms with E-state index in [4.69, 9.17) is 4.74 Å². The van der Waals surface area contributed by atoms with Gasteiger partial charge in [-0.05, 0) is 19.3 Å². The molecule has 0 N–H and O–H groups in total. The second-order valence-corrected chi connectivity index (χ2v) is 7.96. The zero-order valence-electron chi connectivity index (χ0n) is 13.0. The van der Waals surface area contributed by atoms with Gasteiger partial charge in [0.1, 0.15) is 5.69 Å². The van der Waals surface area contributed by atoms with Gasteiger partial charge in [-0.1, -0.05) is 0 Å². The highest BCUT2D eigenvalue weighted by Crippen LogP contribution is 2.36. The van der Waals surface area contributed by atoms with Crippen LogP contribution in [0.3, 0.4) is 0 Å². The number of aryl methyl sites for hydroxylation is 1. The fourth-order valence-electron chi connectivity index (χ4n) is 3.63. The van der Waals surface area contributed by atoms with Gasteiger partial charge in [-0.25, -0.2) is 9.97 Å². The van der Waals surface area contributed by atoms with E-state index >= 15 is 0 Å². The number of fused-ring (bicyclic) bond motifs is 1.